The number of hydrogen-bond acceptors (Lipinski definition) is 7. The Kier molecular flexibility index (Phi) is 10.5. The summed E-state index contributed by atoms with van der Waals surface area (Å²) < 4.78 is 84.9. The number of benzene rings is 2. The molecule has 2 aliphatic heterocycles. The molecule has 2 heterocycles. The molecule has 2 aromatic rings. The van der Waals surface area contributed by atoms with E-state index in [-0.39, 0.29) is 17.7 Å². The van der Waals surface area contributed by atoms with Crippen LogP contribution in [0.25, 0.3) is 0 Å². The van der Waals surface area contributed by atoms with E-state index >= 15 is 0 Å². The van der Waals surface area contributed by atoms with Crippen LogP contribution < -0.4 is 9.47 Å². The quantitative estimate of drug-likeness (QED) is 0.222. The summed E-state index contributed by atoms with van der Waals surface area (Å²) in [6.07, 6.45) is -2.06. The normalized spacial score (nSPS) is 14.6. The van der Waals surface area contributed by atoms with Gasteiger partial charge in [-0.1, -0.05) is 27.7 Å². The molecule has 6 nitrogen and oxygen atoms in total. The first-order chi connectivity index (χ1) is 19.4. The molecule has 232 valence electrons. The number of thioether (sulfide) groups is 1. The van der Waals surface area contributed by atoms with Gasteiger partial charge < -0.3 is 9.47 Å². The van der Waals surface area contributed by atoms with Crippen molar-refractivity contribution in [3.63, 3.8) is 0 Å². The molecule has 0 aliphatic carbocycles. The monoisotopic (exact) mass is 632 g/mol. The van der Waals surface area contributed by atoms with Crippen molar-refractivity contribution in [1.82, 2.24) is 0 Å². The lowest BCUT2D eigenvalue weighted by atomic mass is 9.79. The minimum atomic E-state index is -3.44. The molecular weight excluding hydrogens is 596 g/mol. The van der Waals surface area contributed by atoms with E-state index in [1.165, 1.54) is 6.07 Å². The standard InChI is InChI=1S/C15H18F2O4S.C15H18F2O2S/c1-15(2,8-12(18)14(16)17)11-7-10(22(3,19)20)6-9-4-5-21-13(9)11;1-15(2,8-12(18)14(16)17)11-7-10(20-3)6-9-4-5-19-13(9)11/h6-7,14H,4-5,8H2,1-3H3;6-7,14H,4-5,8H2,1-3H3. The summed E-state index contributed by atoms with van der Waals surface area (Å²) >= 11 is 1.60. The molecule has 0 spiro atoms. The van der Waals surface area contributed by atoms with Crippen molar-refractivity contribution in [3.05, 3.63) is 46.5 Å². The van der Waals surface area contributed by atoms with Gasteiger partial charge in [0.1, 0.15) is 11.5 Å². The van der Waals surface area contributed by atoms with E-state index < -0.39 is 45.1 Å². The SMILES string of the molecule is CC(C)(CC(=O)C(F)F)c1cc(S(C)(=O)=O)cc2c1OCC2.CSc1cc2c(c(C(C)(C)CC(=O)C(F)F)c1)OCC2. The average molecular weight is 633 g/mol. The molecule has 0 radical (unpaired) electrons. The Morgan fingerprint density at radius 2 is 1.24 bits per heavy atom. The Morgan fingerprint density at radius 1 is 0.810 bits per heavy atom. The van der Waals surface area contributed by atoms with Crippen molar-refractivity contribution in [2.75, 3.05) is 25.7 Å². The number of carbonyl (C=O) groups excluding carboxylic acids is 2. The number of alkyl halides is 4. The number of carbonyl (C=O) groups is 2. The molecule has 0 bridgehead atoms. The molecule has 12 heteroatoms. The maximum absolute atomic E-state index is 12.5. The number of sulfone groups is 1. The van der Waals surface area contributed by atoms with E-state index in [1.54, 1.807) is 31.7 Å². The summed E-state index contributed by atoms with van der Waals surface area (Å²) in [5, 5.41) is 0. The lowest BCUT2D eigenvalue weighted by Gasteiger charge is -2.27. The number of ketones is 2. The van der Waals surface area contributed by atoms with E-state index in [0.29, 0.717) is 30.9 Å². The Labute approximate surface area is 248 Å². The molecule has 0 N–H and O–H groups in total. The highest BCUT2D eigenvalue weighted by Gasteiger charge is 2.35. The first-order valence-corrected chi connectivity index (χ1v) is 16.4. The number of halogens is 4. The van der Waals surface area contributed by atoms with E-state index in [9.17, 15) is 35.6 Å². The smallest absolute Gasteiger partial charge is 0.296 e. The van der Waals surface area contributed by atoms with E-state index in [2.05, 4.69) is 6.07 Å². The van der Waals surface area contributed by atoms with Crippen LogP contribution in [0.2, 0.25) is 0 Å². The average Bonchev–Trinajstić information content (AvgIpc) is 3.55. The van der Waals surface area contributed by atoms with Crippen LogP contribution in [0.3, 0.4) is 0 Å². The topological polar surface area (TPSA) is 86.7 Å². The zero-order chi connectivity index (χ0) is 31.6. The maximum Gasteiger partial charge on any atom is 0.296 e. The minimum absolute atomic E-state index is 0.115. The summed E-state index contributed by atoms with van der Waals surface area (Å²) in [4.78, 5) is 24.0. The van der Waals surface area contributed by atoms with Gasteiger partial charge in [0.05, 0.1) is 18.1 Å². The molecule has 0 atom stereocenters. The maximum atomic E-state index is 12.5. The van der Waals surface area contributed by atoms with Crippen molar-refractivity contribution in [2.24, 2.45) is 0 Å². The highest BCUT2D eigenvalue weighted by molar-refractivity contribution is 7.98. The number of hydrogen-bond donors (Lipinski definition) is 0. The zero-order valence-corrected chi connectivity index (χ0v) is 26.1. The van der Waals surface area contributed by atoms with Crippen LogP contribution in [0.15, 0.2) is 34.1 Å². The first-order valence-electron chi connectivity index (χ1n) is 13.3. The third kappa shape index (κ3) is 7.86. The third-order valence-electron chi connectivity index (χ3n) is 7.36. The Balaban J connectivity index is 0.000000231. The molecule has 0 saturated heterocycles. The van der Waals surface area contributed by atoms with Gasteiger partial charge in [-0.3, -0.25) is 9.59 Å². The summed E-state index contributed by atoms with van der Waals surface area (Å²) in [7, 11) is -3.44. The van der Waals surface area contributed by atoms with Crippen molar-refractivity contribution in [1.29, 1.82) is 0 Å². The largest absolute Gasteiger partial charge is 0.493 e. The second-order valence-electron chi connectivity index (χ2n) is 11.7. The molecule has 0 aromatic heterocycles. The van der Waals surface area contributed by atoms with E-state index in [0.717, 1.165) is 40.0 Å². The van der Waals surface area contributed by atoms with E-state index in [1.807, 2.05) is 26.2 Å². The summed E-state index contributed by atoms with van der Waals surface area (Å²) in [6, 6.07) is 7.00. The van der Waals surface area contributed by atoms with Gasteiger partial charge in [0.2, 0.25) is 0 Å². The molecule has 42 heavy (non-hydrogen) atoms. The highest BCUT2D eigenvalue weighted by Crippen LogP contribution is 2.43. The van der Waals surface area contributed by atoms with Crippen molar-refractivity contribution in [2.45, 2.75) is 86.9 Å². The molecule has 0 unspecified atom stereocenters. The van der Waals surface area contributed by atoms with Gasteiger partial charge in [0.25, 0.3) is 12.9 Å². The number of fused-ring (bicyclic) bond motifs is 2. The Hall–Kier alpha value is -2.60. The predicted molar refractivity (Wildman–Crippen MR) is 153 cm³/mol. The Morgan fingerprint density at radius 3 is 1.64 bits per heavy atom. The van der Waals surface area contributed by atoms with Gasteiger partial charge in [-0.25, -0.2) is 26.0 Å². The van der Waals surface area contributed by atoms with Gasteiger partial charge in [-0.05, 0) is 41.6 Å². The summed E-state index contributed by atoms with van der Waals surface area (Å²) in [5.74, 6) is -0.896. The van der Waals surface area contributed by atoms with Gasteiger partial charge in [-0.2, -0.15) is 0 Å². The van der Waals surface area contributed by atoms with Crippen LogP contribution >= 0.6 is 11.8 Å². The van der Waals surface area contributed by atoms with E-state index in [4.69, 9.17) is 9.47 Å². The predicted octanol–water partition coefficient (Wildman–Crippen LogP) is 6.37. The van der Waals surface area contributed by atoms with Crippen LogP contribution in [0.4, 0.5) is 17.6 Å². The summed E-state index contributed by atoms with van der Waals surface area (Å²) in [5.41, 5.74) is 1.57. The number of Topliss-reactive ketones (excluding diaryl/α,β-unsaturated/α-hetero) is 2. The van der Waals surface area contributed by atoms with Gasteiger partial charge in [0, 0.05) is 58.8 Å². The minimum Gasteiger partial charge on any atom is -0.493 e. The van der Waals surface area contributed by atoms with Crippen LogP contribution in [-0.4, -0.2) is 58.6 Å². The van der Waals surface area contributed by atoms with Gasteiger partial charge >= 0.3 is 0 Å². The highest BCUT2D eigenvalue weighted by atomic mass is 32.2. The number of ether oxygens (including phenoxy) is 2. The zero-order valence-electron chi connectivity index (χ0n) is 24.5. The fourth-order valence-corrected chi connectivity index (χ4v) is 6.30. The molecule has 0 fully saturated rings. The van der Waals surface area contributed by atoms with Crippen molar-refractivity contribution in [3.8, 4) is 11.5 Å². The molecule has 4 rings (SSSR count). The van der Waals surface area contributed by atoms with Crippen molar-refractivity contribution < 1.29 is 45.0 Å². The van der Waals surface area contributed by atoms with Crippen LogP contribution in [0.1, 0.15) is 62.8 Å². The first kappa shape index (κ1) is 33.9. The van der Waals surface area contributed by atoms with Crippen molar-refractivity contribution >= 4 is 33.2 Å². The second kappa shape index (κ2) is 13.0. The van der Waals surface area contributed by atoms with Crippen LogP contribution in [0.5, 0.6) is 11.5 Å². The van der Waals surface area contributed by atoms with Gasteiger partial charge in [0.15, 0.2) is 21.4 Å². The lowest BCUT2D eigenvalue weighted by Crippen LogP contribution is -2.26. The van der Waals surface area contributed by atoms with Crippen LogP contribution in [-0.2, 0) is 43.1 Å². The molecule has 2 aliphatic rings. The summed E-state index contributed by atoms with van der Waals surface area (Å²) in [6.45, 7) is 7.92. The molecule has 0 saturated carbocycles. The fourth-order valence-electron chi connectivity index (χ4n) is 5.11. The third-order valence-corrected chi connectivity index (χ3v) is 9.15. The van der Waals surface area contributed by atoms with Crippen LogP contribution in [0, 0.1) is 0 Å². The molecule has 0 amide bonds. The van der Waals surface area contributed by atoms with Gasteiger partial charge in [-0.15, -0.1) is 11.8 Å². The second-order valence-corrected chi connectivity index (χ2v) is 14.6. The lowest BCUT2D eigenvalue weighted by molar-refractivity contribution is -0.131. The fraction of sp³-hybridized carbons (Fsp3) is 0.533. The molecular formula is C30H36F4O6S2. The Bertz CT molecular complexity index is 1450. The molecule has 2 aromatic carbocycles. The number of rotatable bonds is 10.